The molecular weight excluding hydrogens is 246 g/mol. The lowest BCUT2D eigenvalue weighted by molar-refractivity contribution is 0.0737. The fourth-order valence-electron chi connectivity index (χ4n) is 4.06. The van der Waals surface area contributed by atoms with Gasteiger partial charge in [-0.05, 0) is 36.8 Å². The molecule has 20 heavy (non-hydrogen) atoms. The van der Waals surface area contributed by atoms with Crippen LogP contribution >= 0.6 is 0 Å². The molecular formula is C17H25N3. The van der Waals surface area contributed by atoms with Crippen LogP contribution < -0.4 is 5.73 Å². The summed E-state index contributed by atoms with van der Waals surface area (Å²) >= 11 is 0. The Morgan fingerprint density at radius 2 is 1.60 bits per heavy atom. The molecule has 1 saturated heterocycles. The average Bonchev–Trinajstić information content (AvgIpc) is 3.33. The van der Waals surface area contributed by atoms with Crippen molar-refractivity contribution < 1.29 is 0 Å². The van der Waals surface area contributed by atoms with Crippen LogP contribution in [0.3, 0.4) is 0 Å². The van der Waals surface area contributed by atoms with Gasteiger partial charge in [-0.2, -0.15) is 0 Å². The van der Waals surface area contributed by atoms with Crippen LogP contribution in [0.2, 0.25) is 0 Å². The molecule has 1 aromatic carbocycles. The Kier molecular flexibility index (Phi) is 3.29. The molecule has 3 nitrogen and oxygen atoms in total. The zero-order valence-corrected chi connectivity index (χ0v) is 12.2. The second-order valence-electron chi connectivity index (χ2n) is 6.63. The van der Waals surface area contributed by atoms with Crippen LogP contribution in [0.25, 0.3) is 0 Å². The first-order chi connectivity index (χ1) is 9.83. The maximum absolute atomic E-state index is 6.57. The fourth-order valence-corrected chi connectivity index (χ4v) is 4.06. The van der Waals surface area contributed by atoms with Gasteiger partial charge in [0.15, 0.2) is 0 Å². The first-order valence-corrected chi connectivity index (χ1v) is 8.14. The molecule has 1 aromatic rings. The summed E-state index contributed by atoms with van der Waals surface area (Å²) in [6, 6.07) is 10.4. The number of hydrogen-bond acceptors (Lipinski definition) is 3. The van der Waals surface area contributed by atoms with E-state index in [2.05, 4.69) is 34.1 Å². The largest absolute Gasteiger partial charge is 0.323 e. The quantitative estimate of drug-likeness (QED) is 0.890. The molecule has 2 atom stereocenters. The van der Waals surface area contributed by atoms with Crippen LogP contribution in [-0.2, 0) is 6.42 Å². The molecule has 0 amide bonds. The number of piperazine rings is 1. The van der Waals surface area contributed by atoms with E-state index in [0.29, 0.717) is 6.04 Å². The monoisotopic (exact) mass is 271 g/mol. The molecule has 1 aliphatic heterocycles. The van der Waals surface area contributed by atoms with Crippen LogP contribution in [0.1, 0.15) is 36.4 Å². The highest BCUT2D eigenvalue weighted by Gasteiger charge is 2.36. The summed E-state index contributed by atoms with van der Waals surface area (Å²) in [7, 11) is 0. The molecule has 3 heteroatoms. The lowest BCUT2D eigenvalue weighted by Gasteiger charge is -2.43. The summed E-state index contributed by atoms with van der Waals surface area (Å²) in [5.74, 6) is 0. The molecule has 0 bridgehead atoms. The van der Waals surface area contributed by atoms with Crippen molar-refractivity contribution in [3.63, 3.8) is 0 Å². The minimum Gasteiger partial charge on any atom is -0.323 e. The van der Waals surface area contributed by atoms with Gasteiger partial charge in [0.1, 0.15) is 0 Å². The van der Waals surface area contributed by atoms with E-state index >= 15 is 0 Å². The van der Waals surface area contributed by atoms with Crippen molar-refractivity contribution in [2.45, 2.75) is 43.8 Å². The maximum atomic E-state index is 6.57. The second kappa shape index (κ2) is 5.14. The minimum absolute atomic E-state index is 0.201. The van der Waals surface area contributed by atoms with E-state index in [1.807, 2.05) is 0 Å². The van der Waals surface area contributed by atoms with Crippen molar-refractivity contribution in [3.8, 4) is 0 Å². The predicted molar refractivity (Wildman–Crippen MR) is 81.6 cm³/mol. The Morgan fingerprint density at radius 3 is 2.35 bits per heavy atom. The third kappa shape index (κ3) is 2.28. The number of nitrogens with two attached hydrogens (primary N) is 1. The molecule has 0 spiro atoms. The van der Waals surface area contributed by atoms with E-state index in [-0.39, 0.29) is 6.04 Å². The lowest BCUT2D eigenvalue weighted by Crippen LogP contribution is -2.54. The average molecular weight is 271 g/mol. The van der Waals surface area contributed by atoms with Crippen LogP contribution in [0.15, 0.2) is 24.3 Å². The van der Waals surface area contributed by atoms with E-state index in [1.165, 1.54) is 63.0 Å². The van der Waals surface area contributed by atoms with E-state index in [1.54, 1.807) is 0 Å². The summed E-state index contributed by atoms with van der Waals surface area (Å²) < 4.78 is 0. The van der Waals surface area contributed by atoms with Gasteiger partial charge in [0.05, 0.1) is 0 Å². The van der Waals surface area contributed by atoms with E-state index in [0.717, 1.165) is 6.04 Å². The topological polar surface area (TPSA) is 32.5 Å². The van der Waals surface area contributed by atoms with E-state index < -0.39 is 0 Å². The van der Waals surface area contributed by atoms with Gasteiger partial charge in [-0.1, -0.05) is 24.3 Å². The highest BCUT2D eigenvalue weighted by atomic mass is 15.3. The summed E-state index contributed by atoms with van der Waals surface area (Å²) in [4.78, 5) is 5.33. The number of rotatable bonds is 2. The Balaban J connectivity index is 1.45. The standard InChI is InChI=1S/C17H25N3/c18-17-15-4-2-1-3-13(15)5-8-16(17)20-11-9-19(10-12-20)14-6-7-14/h1-4,14,16-17H,5-12,18H2. The Labute approximate surface area is 121 Å². The minimum atomic E-state index is 0.201. The van der Waals surface area contributed by atoms with Crippen molar-refractivity contribution in [2.24, 2.45) is 5.73 Å². The zero-order chi connectivity index (χ0) is 13.5. The van der Waals surface area contributed by atoms with Crippen LogP contribution in [0, 0.1) is 0 Å². The van der Waals surface area contributed by atoms with Gasteiger partial charge in [-0.3, -0.25) is 9.80 Å². The predicted octanol–water partition coefficient (Wildman–Crippen LogP) is 1.78. The SMILES string of the molecule is NC1c2ccccc2CCC1N1CCN(C2CC2)CC1. The van der Waals surface area contributed by atoms with E-state index in [4.69, 9.17) is 5.73 Å². The van der Waals surface area contributed by atoms with Gasteiger partial charge in [0.25, 0.3) is 0 Å². The first kappa shape index (κ1) is 12.8. The van der Waals surface area contributed by atoms with Gasteiger partial charge in [0.2, 0.25) is 0 Å². The Hall–Kier alpha value is -0.900. The summed E-state index contributed by atoms with van der Waals surface area (Å²) in [5.41, 5.74) is 9.42. The molecule has 4 rings (SSSR count). The molecule has 2 N–H and O–H groups in total. The fraction of sp³-hybridized carbons (Fsp3) is 0.647. The third-order valence-electron chi connectivity index (χ3n) is 5.42. The number of fused-ring (bicyclic) bond motifs is 1. The lowest BCUT2D eigenvalue weighted by atomic mass is 9.83. The maximum Gasteiger partial charge on any atom is 0.0455 e. The van der Waals surface area contributed by atoms with E-state index in [9.17, 15) is 0 Å². The van der Waals surface area contributed by atoms with Gasteiger partial charge < -0.3 is 5.73 Å². The third-order valence-corrected chi connectivity index (χ3v) is 5.42. The Morgan fingerprint density at radius 1 is 0.900 bits per heavy atom. The summed E-state index contributed by atoms with van der Waals surface area (Å²) in [5, 5.41) is 0. The van der Waals surface area contributed by atoms with Crippen LogP contribution in [0.4, 0.5) is 0 Å². The van der Waals surface area contributed by atoms with Crippen molar-refractivity contribution in [3.05, 3.63) is 35.4 Å². The smallest absolute Gasteiger partial charge is 0.0455 e. The normalized spacial score (nSPS) is 32.0. The van der Waals surface area contributed by atoms with Crippen LogP contribution in [0.5, 0.6) is 0 Å². The van der Waals surface area contributed by atoms with Gasteiger partial charge >= 0.3 is 0 Å². The van der Waals surface area contributed by atoms with Gasteiger partial charge in [-0.25, -0.2) is 0 Å². The molecule has 1 saturated carbocycles. The molecule has 0 radical (unpaired) electrons. The highest BCUT2D eigenvalue weighted by molar-refractivity contribution is 5.33. The first-order valence-electron chi connectivity index (χ1n) is 8.14. The molecule has 2 unspecified atom stereocenters. The second-order valence-corrected chi connectivity index (χ2v) is 6.63. The number of nitrogens with zero attached hydrogens (tertiary/aromatic N) is 2. The summed E-state index contributed by atoms with van der Waals surface area (Å²) in [6.45, 7) is 4.90. The number of hydrogen-bond donors (Lipinski definition) is 1. The van der Waals surface area contributed by atoms with Gasteiger partial charge in [-0.15, -0.1) is 0 Å². The molecule has 2 aliphatic carbocycles. The van der Waals surface area contributed by atoms with Crippen molar-refractivity contribution in [2.75, 3.05) is 26.2 Å². The zero-order valence-electron chi connectivity index (χ0n) is 12.2. The molecule has 3 aliphatic rings. The van der Waals surface area contributed by atoms with Gasteiger partial charge in [0, 0.05) is 44.3 Å². The molecule has 2 fully saturated rings. The van der Waals surface area contributed by atoms with Crippen LogP contribution in [-0.4, -0.2) is 48.1 Å². The van der Waals surface area contributed by atoms with Crippen molar-refractivity contribution >= 4 is 0 Å². The number of aryl methyl sites for hydroxylation is 1. The van der Waals surface area contributed by atoms with Crippen molar-refractivity contribution in [1.29, 1.82) is 0 Å². The highest BCUT2D eigenvalue weighted by Crippen LogP contribution is 2.33. The number of benzene rings is 1. The molecule has 1 heterocycles. The summed E-state index contributed by atoms with van der Waals surface area (Å²) in [6.07, 6.45) is 5.27. The molecule has 0 aromatic heterocycles. The molecule has 108 valence electrons. The Bertz CT molecular complexity index is 475. The van der Waals surface area contributed by atoms with Crippen molar-refractivity contribution in [1.82, 2.24) is 9.80 Å².